The summed E-state index contributed by atoms with van der Waals surface area (Å²) in [5.74, 6) is 1.62. The Kier molecular flexibility index (Phi) is 7.49. The molecule has 3 aliphatic rings. The standard InChI is InChI=1S/C23H39N5S/c1-24-23(26-19-11-14-28(15-12-19)20-8-3-4-9-20)25-17-18-7-5-13-27(2)22(18)21-10-6-16-29-21/h6,10,16,18-20,22H,3-5,7-9,11-15,17H2,1-2H3,(H2,24,25,26). The predicted molar refractivity (Wildman–Crippen MR) is 124 cm³/mol. The van der Waals surface area contributed by atoms with Crippen LogP contribution in [0.3, 0.4) is 0 Å². The summed E-state index contributed by atoms with van der Waals surface area (Å²) in [7, 11) is 4.19. The van der Waals surface area contributed by atoms with Crippen LogP contribution in [-0.4, -0.2) is 68.1 Å². The number of nitrogens with zero attached hydrogens (tertiary/aromatic N) is 3. The van der Waals surface area contributed by atoms with E-state index >= 15 is 0 Å². The normalized spacial score (nSPS) is 28.7. The molecule has 1 saturated carbocycles. The maximum Gasteiger partial charge on any atom is 0.191 e. The van der Waals surface area contributed by atoms with Crippen LogP contribution in [0.4, 0.5) is 0 Å². The summed E-state index contributed by atoms with van der Waals surface area (Å²) in [4.78, 5) is 11.3. The van der Waals surface area contributed by atoms with Gasteiger partial charge in [0.15, 0.2) is 5.96 Å². The van der Waals surface area contributed by atoms with Gasteiger partial charge >= 0.3 is 0 Å². The van der Waals surface area contributed by atoms with Gasteiger partial charge in [0, 0.05) is 49.7 Å². The van der Waals surface area contributed by atoms with E-state index in [0.29, 0.717) is 18.0 Å². The minimum atomic E-state index is 0.531. The highest BCUT2D eigenvalue weighted by Crippen LogP contribution is 2.36. The Hall–Kier alpha value is -1.11. The second-order valence-electron chi connectivity index (χ2n) is 9.19. The molecule has 0 amide bonds. The summed E-state index contributed by atoms with van der Waals surface area (Å²) in [6.07, 6.45) is 10.8. The van der Waals surface area contributed by atoms with Gasteiger partial charge in [0.25, 0.3) is 0 Å². The van der Waals surface area contributed by atoms with Crippen molar-refractivity contribution in [2.24, 2.45) is 10.9 Å². The first-order chi connectivity index (χ1) is 14.2. The summed E-state index contributed by atoms with van der Waals surface area (Å²) < 4.78 is 0. The van der Waals surface area contributed by atoms with E-state index in [1.165, 1.54) is 75.9 Å². The SMILES string of the molecule is CN=C(NCC1CCCN(C)C1c1cccs1)NC1CCN(C2CCCC2)CC1. The first kappa shape index (κ1) is 21.1. The first-order valence-electron chi connectivity index (χ1n) is 11.7. The van der Waals surface area contributed by atoms with Crippen molar-refractivity contribution in [3.63, 3.8) is 0 Å². The number of aliphatic imine (C=N–C) groups is 1. The highest BCUT2D eigenvalue weighted by molar-refractivity contribution is 7.10. The molecule has 2 unspecified atom stereocenters. The van der Waals surface area contributed by atoms with Crippen LogP contribution in [0.25, 0.3) is 0 Å². The lowest BCUT2D eigenvalue weighted by atomic mass is 9.88. The van der Waals surface area contributed by atoms with Crippen molar-refractivity contribution in [1.82, 2.24) is 20.4 Å². The maximum absolute atomic E-state index is 4.54. The van der Waals surface area contributed by atoms with Crippen LogP contribution in [0.1, 0.15) is 62.3 Å². The van der Waals surface area contributed by atoms with Crippen LogP contribution in [0.2, 0.25) is 0 Å². The molecule has 0 spiro atoms. The molecule has 6 heteroatoms. The molecule has 2 atom stereocenters. The molecule has 1 aromatic rings. The average Bonchev–Trinajstić information content (AvgIpc) is 3.46. The summed E-state index contributed by atoms with van der Waals surface area (Å²) in [6, 6.07) is 6.44. The number of likely N-dealkylation sites (tertiary alicyclic amines) is 2. The van der Waals surface area contributed by atoms with Crippen molar-refractivity contribution in [2.45, 2.75) is 69.5 Å². The molecule has 3 fully saturated rings. The molecular weight excluding hydrogens is 378 g/mol. The van der Waals surface area contributed by atoms with Crippen LogP contribution in [-0.2, 0) is 0 Å². The monoisotopic (exact) mass is 417 g/mol. The van der Waals surface area contributed by atoms with E-state index in [-0.39, 0.29) is 0 Å². The molecule has 2 saturated heterocycles. The highest BCUT2D eigenvalue weighted by Gasteiger charge is 2.31. The Morgan fingerprint density at radius 2 is 1.90 bits per heavy atom. The fourth-order valence-corrected chi connectivity index (χ4v) is 6.66. The average molecular weight is 418 g/mol. The summed E-state index contributed by atoms with van der Waals surface area (Å²) in [5, 5.41) is 9.60. The van der Waals surface area contributed by atoms with Gasteiger partial charge in [0.1, 0.15) is 0 Å². The molecule has 0 bridgehead atoms. The van der Waals surface area contributed by atoms with E-state index in [1.54, 1.807) is 0 Å². The largest absolute Gasteiger partial charge is 0.356 e. The Balaban J connectivity index is 1.26. The number of hydrogen-bond acceptors (Lipinski definition) is 4. The van der Waals surface area contributed by atoms with Crippen molar-refractivity contribution in [2.75, 3.05) is 40.3 Å². The molecule has 3 heterocycles. The van der Waals surface area contributed by atoms with Crippen LogP contribution < -0.4 is 10.6 Å². The van der Waals surface area contributed by atoms with Crippen LogP contribution >= 0.6 is 11.3 Å². The van der Waals surface area contributed by atoms with E-state index in [2.05, 4.69) is 50.0 Å². The van der Waals surface area contributed by atoms with Gasteiger partial charge in [-0.15, -0.1) is 11.3 Å². The van der Waals surface area contributed by atoms with Crippen molar-refractivity contribution < 1.29 is 0 Å². The van der Waals surface area contributed by atoms with Crippen molar-refractivity contribution in [1.29, 1.82) is 0 Å². The lowest BCUT2D eigenvalue weighted by Crippen LogP contribution is -2.51. The number of rotatable bonds is 5. The van der Waals surface area contributed by atoms with Gasteiger partial charge in [-0.05, 0) is 69.5 Å². The van der Waals surface area contributed by atoms with Gasteiger partial charge in [-0.1, -0.05) is 18.9 Å². The van der Waals surface area contributed by atoms with E-state index in [1.807, 2.05) is 18.4 Å². The minimum Gasteiger partial charge on any atom is -0.356 e. The van der Waals surface area contributed by atoms with E-state index in [0.717, 1.165) is 18.5 Å². The van der Waals surface area contributed by atoms with Crippen molar-refractivity contribution >= 4 is 17.3 Å². The zero-order chi connectivity index (χ0) is 20.1. The van der Waals surface area contributed by atoms with E-state index in [9.17, 15) is 0 Å². The van der Waals surface area contributed by atoms with Crippen molar-refractivity contribution in [3.8, 4) is 0 Å². The van der Waals surface area contributed by atoms with Crippen molar-refractivity contribution in [3.05, 3.63) is 22.4 Å². The van der Waals surface area contributed by atoms with Gasteiger partial charge < -0.3 is 15.5 Å². The molecule has 1 aromatic heterocycles. The number of guanidine groups is 1. The van der Waals surface area contributed by atoms with Gasteiger partial charge in [-0.25, -0.2) is 0 Å². The fraction of sp³-hybridized carbons (Fsp3) is 0.783. The highest BCUT2D eigenvalue weighted by atomic mass is 32.1. The lowest BCUT2D eigenvalue weighted by molar-refractivity contribution is 0.125. The number of hydrogen-bond donors (Lipinski definition) is 2. The number of thiophene rings is 1. The van der Waals surface area contributed by atoms with Crippen LogP contribution in [0.15, 0.2) is 22.5 Å². The smallest absolute Gasteiger partial charge is 0.191 e. The second-order valence-corrected chi connectivity index (χ2v) is 10.2. The fourth-order valence-electron chi connectivity index (χ4n) is 5.68. The number of nitrogens with one attached hydrogen (secondary N) is 2. The topological polar surface area (TPSA) is 42.9 Å². The molecule has 1 aliphatic carbocycles. The lowest BCUT2D eigenvalue weighted by Gasteiger charge is -2.39. The van der Waals surface area contributed by atoms with Crippen LogP contribution in [0, 0.1) is 5.92 Å². The Morgan fingerprint density at radius 3 is 2.59 bits per heavy atom. The Labute approximate surface area is 181 Å². The quantitative estimate of drug-likeness (QED) is 0.566. The van der Waals surface area contributed by atoms with Crippen LogP contribution in [0.5, 0.6) is 0 Å². The summed E-state index contributed by atoms with van der Waals surface area (Å²) >= 11 is 1.90. The van der Waals surface area contributed by atoms with E-state index < -0.39 is 0 Å². The summed E-state index contributed by atoms with van der Waals surface area (Å²) in [6.45, 7) is 4.68. The summed E-state index contributed by atoms with van der Waals surface area (Å²) in [5.41, 5.74) is 0. The third-order valence-electron chi connectivity index (χ3n) is 7.31. The van der Waals surface area contributed by atoms with E-state index in [4.69, 9.17) is 0 Å². The predicted octanol–water partition coefficient (Wildman–Crippen LogP) is 3.70. The Bertz CT molecular complexity index is 632. The third kappa shape index (κ3) is 5.33. The van der Waals surface area contributed by atoms with Gasteiger partial charge in [-0.3, -0.25) is 9.89 Å². The molecule has 162 valence electrons. The zero-order valence-electron chi connectivity index (χ0n) is 18.3. The number of piperidine rings is 2. The third-order valence-corrected chi connectivity index (χ3v) is 8.25. The molecule has 0 radical (unpaired) electrons. The molecule has 2 N–H and O–H groups in total. The molecule has 5 nitrogen and oxygen atoms in total. The molecule has 29 heavy (non-hydrogen) atoms. The molecule has 4 rings (SSSR count). The van der Waals surface area contributed by atoms with Gasteiger partial charge in [-0.2, -0.15) is 0 Å². The molecular formula is C23H39N5S. The first-order valence-corrected chi connectivity index (χ1v) is 12.6. The minimum absolute atomic E-state index is 0.531. The van der Waals surface area contributed by atoms with Gasteiger partial charge in [0.2, 0.25) is 0 Å². The second kappa shape index (κ2) is 10.3. The zero-order valence-corrected chi connectivity index (χ0v) is 19.1. The van der Waals surface area contributed by atoms with Gasteiger partial charge in [0.05, 0.1) is 0 Å². The Morgan fingerprint density at radius 1 is 1.10 bits per heavy atom. The molecule has 2 aliphatic heterocycles. The maximum atomic E-state index is 4.54. The molecule has 0 aromatic carbocycles.